The van der Waals surface area contributed by atoms with Gasteiger partial charge in [0.05, 0.1) is 19.4 Å². The summed E-state index contributed by atoms with van der Waals surface area (Å²) >= 11 is 12.0. The van der Waals surface area contributed by atoms with E-state index < -0.39 is 5.72 Å². The van der Waals surface area contributed by atoms with Gasteiger partial charge in [0.15, 0.2) is 28.1 Å². The van der Waals surface area contributed by atoms with E-state index in [1.807, 2.05) is 42.2 Å². The monoisotopic (exact) mass is 454 g/mol. The Kier molecular flexibility index (Phi) is 4.68. The highest BCUT2D eigenvalue weighted by Crippen LogP contribution is 2.52. The van der Waals surface area contributed by atoms with Gasteiger partial charge in [-0.3, -0.25) is 14.6 Å². The van der Waals surface area contributed by atoms with E-state index in [1.165, 1.54) is 6.26 Å². The van der Waals surface area contributed by atoms with E-state index in [4.69, 9.17) is 37.7 Å². The summed E-state index contributed by atoms with van der Waals surface area (Å²) < 4.78 is 17.5. The fraction of sp³-hybridized carbons (Fsp3) is 0.217. The van der Waals surface area contributed by atoms with Crippen LogP contribution in [0.5, 0.6) is 11.5 Å². The van der Waals surface area contributed by atoms with Crippen LogP contribution in [0.1, 0.15) is 35.5 Å². The van der Waals surface area contributed by atoms with Crippen LogP contribution < -0.4 is 14.4 Å². The Morgan fingerprint density at radius 1 is 1.19 bits per heavy atom. The van der Waals surface area contributed by atoms with Crippen LogP contribution in [-0.4, -0.2) is 28.8 Å². The summed E-state index contributed by atoms with van der Waals surface area (Å²) in [7, 11) is 1.60. The number of anilines is 1. The number of methoxy groups -OCH3 is 1. The van der Waals surface area contributed by atoms with Crippen molar-refractivity contribution in [2.24, 2.45) is 0 Å². The zero-order valence-corrected chi connectivity index (χ0v) is 18.4. The van der Waals surface area contributed by atoms with Crippen molar-refractivity contribution in [1.82, 2.24) is 4.90 Å². The molecule has 158 valence electrons. The zero-order chi connectivity index (χ0) is 21.8. The second-order valence-corrected chi connectivity index (χ2v) is 8.42. The van der Waals surface area contributed by atoms with Gasteiger partial charge in [0.1, 0.15) is 0 Å². The van der Waals surface area contributed by atoms with Gasteiger partial charge in [-0.1, -0.05) is 23.7 Å². The number of hydrogen-bond donors (Lipinski definition) is 0. The summed E-state index contributed by atoms with van der Waals surface area (Å²) in [5.41, 5.74) is 0.776. The molecule has 2 aromatic carbocycles. The summed E-state index contributed by atoms with van der Waals surface area (Å²) in [5, 5.41) is 0.936. The number of para-hydroxylation sites is 1. The maximum atomic E-state index is 13.5. The van der Waals surface area contributed by atoms with Crippen LogP contribution in [0.2, 0.25) is 5.02 Å². The number of furan rings is 1. The van der Waals surface area contributed by atoms with Crippen molar-refractivity contribution in [3.05, 3.63) is 77.2 Å². The van der Waals surface area contributed by atoms with Crippen molar-refractivity contribution in [2.45, 2.75) is 25.1 Å². The maximum absolute atomic E-state index is 13.5. The lowest BCUT2D eigenvalue weighted by atomic mass is 9.88. The molecule has 2 bridgehead atoms. The van der Waals surface area contributed by atoms with Gasteiger partial charge in [-0.15, -0.1) is 0 Å². The number of benzene rings is 2. The Balaban J connectivity index is 1.70. The second kappa shape index (κ2) is 7.28. The summed E-state index contributed by atoms with van der Waals surface area (Å²) in [4.78, 5) is 17.0. The van der Waals surface area contributed by atoms with E-state index in [2.05, 4.69) is 0 Å². The van der Waals surface area contributed by atoms with E-state index in [0.717, 1.165) is 11.3 Å². The summed E-state index contributed by atoms with van der Waals surface area (Å²) in [6.45, 7) is 1.96. The summed E-state index contributed by atoms with van der Waals surface area (Å²) in [5.74, 6) is 1.11. The van der Waals surface area contributed by atoms with Gasteiger partial charge in [-0.05, 0) is 61.6 Å². The number of ether oxygens (including phenoxy) is 2. The first-order valence-corrected chi connectivity index (χ1v) is 10.5. The standard InChI is InChI=1S/C23H19ClN2O4S/c1-23-13-17(16-5-3-6-18(28-2)20(16)30-23)25(21(27)19-7-4-12-29-19)22(31)26(23)15-10-8-14(24)9-11-15/h3-12,17H,13H2,1-2H3. The normalized spacial score (nSPS) is 22.0. The largest absolute Gasteiger partial charge is 0.493 e. The first kappa shape index (κ1) is 19.9. The van der Waals surface area contributed by atoms with Crippen LogP contribution in [0, 0.1) is 0 Å². The Labute approximate surface area is 189 Å². The van der Waals surface area contributed by atoms with Crippen LogP contribution in [0.3, 0.4) is 0 Å². The quantitative estimate of drug-likeness (QED) is 0.492. The van der Waals surface area contributed by atoms with E-state index in [-0.39, 0.29) is 17.7 Å². The van der Waals surface area contributed by atoms with Gasteiger partial charge in [-0.25, -0.2) is 0 Å². The van der Waals surface area contributed by atoms with Gasteiger partial charge in [0, 0.05) is 22.7 Å². The molecule has 1 aromatic heterocycles. The highest BCUT2D eigenvalue weighted by atomic mass is 35.5. The number of hydrogen-bond acceptors (Lipinski definition) is 5. The van der Waals surface area contributed by atoms with Gasteiger partial charge in [0.2, 0.25) is 0 Å². The lowest BCUT2D eigenvalue weighted by Crippen LogP contribution is -2.67. The van der Waals surface area contributed by atoms with E-state index in [1.54, 1.807) is 36.3 Å². The molecule has 8 heteroatoms. The minimum Gasteiger partial charge on any atom is -0.493 e. The molecule has 0 N–H and O–H groups in total. The van der Waals surface area contributed by atoms with Gasteiger partial charge < -0.3 is 13.9 Å². The molecule has 2 aliphatic heterocycles. The average molecular weight is 455 g/mol. The number of halogens is 1. The summed E-state index contributed by atoms with van der Waals surface area (Å²) in [6.07, 6.45) is 1.98. The molecular weight excluding hydrogens is 436 g/mol. The molecule has 1 amide bonds. The number of carbonyl (C=O) groups excluding carboxylic acids is 1. The number of nitrogens with zero attached hydrogens (tertiary/aromatic N) is 2. The van der Waals surface area contributed by atoms with E-state index in [9.17, 15) is 4.79 Å². The fourth-order valence-corrected chi connectivity index (χ4v) is 4.96. The first-order valence-electron chi connectivity index (χ1n) is 9.76. The maximum Gasteiger partial charge on any atom is 0.296 e. The highest BCUT2D eigenvalue weighted by Gasteiger charge is 2.54. The molecule has 3 aromatic rings. The predicted octanol–water partition coefficient (Wildman–Crippen LogP) is 5.43. The number of rotatable bonds is 3. The molecule has 5 rings (SSSR count). The van der Waals surface area contributed by atoms with Gasteiger partial charge >= 0.3 is 0 Å². The molecule has 2 aliphatic rings. The van der Waals surface area contributed by atoms with Crippen LogP contribution in [0.15, 0.2) is 65.3 Å². The molecule has 31 heavy (non-hydrogen) atoms. The molecule has 6 nitrogen and oxygen atoms in total. The average Bonchev–Trinajstić information content (AvgIpc) is 3.29. The van der Waals surface area contributed by atoms with Crippen molar-refractivity contribution in [3.8, 4) is 11.5 Å². The van der Waals surface area contributed by atoms with Crippen LogP contribution in [0.4, 0.5) is 5.69 Å². The number of fused-ring (bicyclic) bond motifs is 4. The van der Waals surface area contributed by atoms with E-state index in [0.29, 0.717) is 28.1 Å². The van der Waals surface area contributed by atoms with Crippen molar-refractivity contribution in [2.75, 3.05) is 12.0 Å². The van der Waals surface area contributed by atoms with Crippen molar-refractivity contribution in [3.63, 3.8) is 0 Å². The molecule has 0 radical (unpaired) electrons. The molecular formula is C23H19ClN2O4S. The van der Waals surface area contributed by atoms with Crippen molar-refractivity contribution in [1.29, 1.82) is 0 Å². The lowest BCUT2D eigenvalue weighted by molar-refractivity contribution is 0.0152. The highest BCUT2D eigenvalue weighted by molar-refractivity contribution is 7.80. The Bertz CT molecular complexity index is 1160. The first-order chi connectivity index (χ1) is 14.9. The van der Waals surface area contributed by atoms with Crippen LogP contribution in [0.25, 0.3) is 0 Å². The lowest BCUT2D eigenvalue weighted by Gasteiger charge is -2.55. The van der Waals surface area contributed by atoms with Crippen molar-refractivity contribution < 1.29 is 18.7 Å². The third-order valence-electron chi connectivity index (χ3n) is 5.70. The van der Waals surface area contributed by atoms with Crippen LogP contribution in [-0.2, 0) is 0 Å². The second-order valence-electron chi connectivity index (χ2n) is 7.62. The van der Waals surface area contributed by atoms with E-state index >= 15 is 0 Å². The third kappa shape index (κ3) is 3.07. The third-order valence-corrected chi connectivity index (χ3v) is 6.33. The molecule has 1 fully saturated rings. The number of carbonyl (C=O) groups is 1. The molecule has 0 aliphatic carbocycles. The minimum atomic E-state index is -0.836. The number of thiocarbonyl (C=S) groups is 1. The zero-order valence-electron chi connectivity index (χ0n) is 16.9. The SMILES string of the molecule is COc1cccc2c1OC1(C)CC2N(C(=O)c2ccco2)C(=S)N1c1ccc(Cl)cc1. The van der Waals surface area contributed by atoms with Crippen molar-refractivity contribution >= 4 is 40.5 Å². The van der Waals surface area contributed by atoms with Gasteiger partial charge in [0.25, 0.3) is 5.91 Å². The minimum absolute atomic E-state index is 0.220. The molecule has 2 atom stereocenters. The predicted molar refractivity (Wildman–Crippen MR) is 121 cm³/mol. The molecule has 2 unspecified atom stereocenters. The topological polar surface area (TPSA) is 55.2 Å². The Hall–Kier alpha value is -3.03. The molecule has 0 spiro atoms. The molecule has 0 saturated carbocycles. The fourth-order valence-electron chi connectivity index (χ4n) is 4.33. The van der Waals surface area contributed by atoms with Gasteiger partial charge in [-0.2, -0.15) is 0 Å². The summed E-state index contributed by atoms with van der Waals surface area (Å²) in [6, 6.07) is 15.9. The van der Waals surface area contributed by atoms with Crippen LogP contribution >= 0.6 is 23.8 Å². The Morgan fingerprint density at radius 2 is 1.97 bits per heavy atom. The smallest absolute Gasteiger partial charge is 0.296 e. The molecule has 1 saturated heterocycles. The number of amides is 1. The molecule has 3 heterocycles. The Morgan fingerprint density at radius 3 is 2.65 bits per heavy atom.